The van der Waals surface area contributed by atoms with Crippen LogP contribution in [0.3, 0.4) is 0 Å². The first-order valence-electron chi connectivity index (χ1n) is 14.1. The van der Waals surface area contributed by atoms with E-state index in [-0.39, 0.29) is 0 Å². The Kier molecular flexibility index (Phi) is 13.7. The summed E-state index contributed by atoms with van der Waals surface area (Å²) in [6.07, 6.45) is 6.57. The van der Waals surface area contributed by atoms with Crippen LogP contribution in [0.2, 0.25) is 77.9 Å². The average Bonchev–Trinajstić information content (AvgIpc) is 3.22. The first-order chi connectivity index (χ1) is 17.6. The Balaban J connectivity index is 4.55. The third-order valence-electron chi connectivity index (χ3n) is 8.45. The van der Waals surface area contributed by atoms with Crippen molar-refractivity contribution in [2.45, 2.75) is 98.7 Å². The molecule has 0 aliphatic heterocycles. The van der Waals surface area contributed by atoms with Gasteiger partial charge >= 0.3 is 246 Å². The molecule has 0 spiro atoms. The van der Waals surface area contributed by atoms with E-state index in [0.717, 1.165) is 24.2 Å². The maximum absolute atomic E-state index is 6.17. The van der Waals surface area contributed by atoms with Gasteiger partial charge in [0.15, 0.2) is 0 Å². The molecule has 3 nitrogen and oxygen atoms in total. The molecular formula is C30H60O3PtSi4. The van der Waals surface area contributed by atoms with Crippen molar-refractivity contribution >= 4 is 33.0 Å². The molecule has 0 saturated carbocycles. The molecule has 0 N–H and O–H groups in total. The standard InChI is InChI=1S/C24H45O3Si4.3C2H5.Pt/c1-13-16-28(7,8)22-19-21(20-31(25-4,26-5)27-6)23(29(9,10)17-14-2)24(22)30(11,12)18-15-3;3*1-2;/h13-15,21H,1-3,16-18,20H2,4-12H3;3*1H2,2H3;. The molecule has 1 rings (SSSR count). The molecule has 0 bridgehead atoms. The number of allylic oxidation sites excluding steroid dienone is 7. The monoisotopic (exact) mass is 775 g/mol. The third kappa shape index (κ3) is 7.12. The van der Waals surface area contributed by atoms with E-state index in [0.29, 0.717) is 5.92 Å². The number of rotatable bonds is 18. The Morgan fingerprint density at radius 3 is 1.37 bits per heavy atom. The fraction of sp³-hybridized carbons (Fsp3) is 0.667. The van der Waals surface area contributed by atoms with Crippen LogP contribution in [-0.2, 0) is 29.3 Å². The summed E-state index contributed by atoms with van der Waals surface area (Å²) in [6.45, 7) is 35.8. The molecule has 0 aromatic heterocycles. The van der Waals surface area contributed by atoms with Gasteiger partial charge in [-0.05, 0) is 0 Å². The molecule has 8 heteroatoms. The molecule has 0 saturated heterocycles. The van der Waals surface area contributed by atoms with Crippen molar-refractivity contribution in [3.63, 3.8) is 0 Å². The van der Waals surface area contributed by atoms with Gasteiger partial charge in [-0.3, -0.25) is 0 Å². The van der Waals surface area contributed by atoms with Crippen LogP contribution in [0.15, 0.2) is 57.5 Å². The van der Waals surface area contributed by atoms with Gasteiger partial charge < -0.3 is 0 Å². The second kappa shape index (κ2) is 14.3. The van der Waals surface area contributed by atoms with Crippen molar-refractivity contribution in [3.05, 3.63) is 57.5 Å². The van der Waals surface area contributed by atoms with Crippen molar-refractivity contribution in [2.24, 2.45) is 5.92 Å². The summed E-state index contributed by atoms with van der Waals surface area (Å²) in [6, 6.07) is 4.17. The Labute approximate surface area is 244 Å². The molecule has 0 amide bonds. The van der Waals surface area contributed by atoms with Crippen LogP contribution in [0.25, 0.3) is 0 Å². The minimum absolute atomic E-state index is 0.373. The molecule has 0 fully saturated rings. The quantitative estimate of drug-likeness (QED) is 0.103. The second-order valence-corrected chi connectivity index (χ2v) is 41.1. The Morgan fingerprint density at radius 1 is 0.658 bits per heavy atom. The topological polar surface area (TPSA) is 27.7 Å². The zero-order chi connectivity index (χ0) is 29.6. The zero-order valence-corrected chi connectivity index (χ0v) is 33.2. The molecule has 1 aliphatic rings. The van der Waals surface area contributed by atoms with Crippen molar-refractivity contribution in [3.8, 4) is 0 Å². The fourth-order valence-electron chi connectivity index (χ4n) is 6.44. The summed E-state index contributed by atoms with van der Waals surface area (Å²) >= 11 is -2.37. The second-order valence-electron chi connectivity index (χ2n) is 12.1. The number of hydrogen-bond acceptors (Lipinski definition) is 3. The van der Waals surface area contributed by atoms with Gasteiger partial charge in [0.1, 0.15) is 0 Å². The SMILES string of the molecule is C=CC[Si](C)(C)C1=C([Si](C)(C)CC=C)C(C[Si](OC)(OC)OC)[C]([Pt]([CH2]C)([CH2]C)[CH2]C)=C1[Si](C)(C)CC=C. The van der Waals surface area contributed by atoms with Crippen LogP contribution < -0.4 is 0 Å². The molecular weight excluding hydrogens is 716 g/mol. The summed E-state index contributed by atoms with van der Waals surface area (Å²) in [5, 5.41) is 5.44. The van der Waals surface area contributed by atoms with Gasteiger partial charge in [-0.1, -0.05) is 0 Å². The van der Waals surface area contributed by atoms with Crippen LogP contribution in [0, 0.1) is 5.92 Å². The molecule has 0 heterocycles. The van der Waals surface area contributed by atoms with Gasteiger partial charge in [-0.2, -0.15) is 0 Å². The molecule has 224 valence electrons. The third-order valence-corrected chi connectivity index (χ3v) is 35.2. The van der Waals surface area contributed by atoms with E-state index >= 15 is 0 Å². The predicted molar refractivity (Wildman–Crippen MR) is 178 cm³/mol. The Morgan fingerprint density at radius 2 is 1.03 bits per heavy atom. The zero-order valence-electron chi connectivity index (χ0n) is 26.9. The van der Waals surface area contributed by atoms with Gasteiger partial charge in [-0.25, -0.2) is 0 Å². The summed E-state index contributed by atoms with van der Waals surface area (Å²) in [4.78, 5) is 3.97. The summed E-state index contributed by atoms with van der Waals surface area (Å²) in [5.74, 6) is 0.373. The van der Waals surface area contributed by atoms with Gasteiger partial charge in [-0.15, -0.1) is 0 Å². The van der Waals surface area contributed by atoms with Gasteiger partial charge in [0, 0.05) is 0 Å². The van der Waals surface area contributed by atoms with Gasteiger partial charge in [0.05, 0.1) is 0 Å². The Hall–Kier alpha value is 0.136. The van der Waals surface area contributed by atoms with Crippen LogP contribution in [-0.4, -0.2) is 54.4 Å². The van der Waals surface area contributed by atoms with Gasteiger partial charge in [0.2, 0.25) is 0 Å². The van der Waals surface area contributed by atoms with Crippen molar-refractivity contribution in [2.75, 3.05) is 21.3 Å². The van der Waals surface area contributed by atoms with Crippen molar-refractivity contribution < 1.29 is 29.3 Å². The molecule has 1 aliphatic carbocycles. The summed E-state index contributed by atoms with van der Waals surface area (Å²) in [5.41, 5.74) is 0. The normalized spacial score (nSPS) is 18.3. The van der Waals surface area contributed by atoms with Gasteiger partial charge in [0.25, 0.3) is 0 Å². The van der Waals surface area contributed by atoms with Crippen LogP contribution in [0.4, 0.5) is 0 Å². The van der Waals surface area contributed by atoms with Crippen LogP contribution >= 0.6 is 0 Å². The van der Waals surface area contributed by atoms with E-state index < -0.39 is 49.1 Å². The minimum atomic E-state index is -2.85. The average molecular weight is 776 g/mol. The molecule has 38 heavy (non-hydrogen) atoms. The molecule has 0 aromatic rings. The van der Waals surface area contributed by atoms with E-state index in [4.69, 9.17) is 13.3 Å². The molecule has 1 atom stereocenters. The van der Waals surface area contributed by atoms with Crippen LogP contribution in [0.1, 0.15) is 20.8 Å². The summed E-state index contributed by atoms with van der Waals surface area (Å²) < 4.78 is 20.4. The van der Waals surface area contributed by atoms with E-state index in [1.54, 1.807) is 26.5 Å². The molecule has 0 radical (unpaired) electrons. The van der Waals surface area contributed by atoms with Crippen LogP contribution in [0.5, 0.6) is 0 Å². The van der Waals surface area contributed by atoms with E-state index in [1.807, 2.05) is 14.4 Å². The first-order valence-corrected chi connectivity index (χ1v) is 31.6. The maximum atomic E-state index is 6.17. The molecule has 0 aromatic carbocycles. The van der Waals surface area contributed by atoms with E-state index in [2.05, 4.69) is 98.0 Å². The number of hydrogen-bond donors (Lipinski definition) is 0. The fourth-order valence-corrected chi connectivity index (χ4v) is 35.2. The Bertz CT molecular complexity index is 896. The summed E-state index contributed by atoms with van der Waals surface area (Å²) in [7, 11) is -3.07. The predicted octanol–water partition coefficient (Wildman–Crippen LogP) is 9.81. The van der Waals surface area contributed by atoms with E-state index in [1.165, 1.54) is 14.4 Å². The van der Waals surface area contributed by atoms with Crippen molar-refractivity contribution in [1.82, 2.24) is 0 Å². The molecule has 1 unspecified atom stereocenters. The van der Waals surface area contributed by atoms with E-state index in [9.17, 15) is 0 Å². The first kappa shape index (κ1) is 36.2. The van der Waals surface area contributed by atoms with Crippen molar-refractivity contribution in [1.29, 1.82) is 0 Å².